The number of aryl methyl sites for hydroxylation is 1. The summed E-state index contributed by atoms with van der Waals surface area (Å²) in [4.78, 5) is 16.1. The van der Waals surface area contributed by atoms with E-state index in [0.29, 0.717) is 6.54 Å². The zero-order valence-corrected chi connectivity index (χ0v) is 11.7. The van der Waals surface area contributed by atoms with Gasteiger partial charge in [-0.2, -0.15) is 0 Å². The number of hydrogen-bond donors (Lipinski definition) is 1. The summed E-state index contributed by atoms with van der Waals surface area (Å²) in [6.45, 7) is 6.52. The Kier molecular flexibility index (Phi) is 4.56. The van der Waals surface area contributed by atoms with Crippen LogP contribution in [-0.2, 0) is 4.79 Å². The highest BCUT2D eigenvalue weighted by Gasteiger charge is 2.25. The molecule has 104 valence electrons. The average molecular weight is 262 g/mol. The molecular formula is C15H22N2O2. The van der Waals surface area contributed by atoms with Crippen molar-refractivity contribution in [1.82, 2.24) is 9.80 Å². The largest absolute Gasteiger partial charge is 0.481 e. The van der Waals surface area contributed by atoms with Crippen LogP contribution in [0.4, 0.5) is 0 Å². The molecule has 1 atom stereocenters. The topological polar surface area (TPSA) is 43.8 Å². The Hall–Kier alpha value is -1.39. The van der Waals surface area contributed by atoms with E-state index in [9.17, 15) is 9.90 Å². The lowest BCUT2D eigenvalue weighted by Gasteiger charge is -2.34. The average Bonchev–Trinajstić information content (AvgIpc) is 2.39. The first-order valence-corrected chi connectivity index (χ1v) is 6.77. The van der Waals surface area contributed by atoms with Crippen molar-refractivity contribution in [2.24, 2.45) is 0 Å². The van der Waals surface area contributed by atoms with Crippen LogP contribution in [0.15, 0.2) is 24.3 Å². The molecule has 1 heterocycles. The highest BCUT2D eigenvalue weighted by molar-refractivity contribution is 5.77. The Labute approximate surface area is 114 Å². The molecule has 0 saturated carbocycles. The van der Waals surface area contributed by atoms with E-state index in [1.54, 1.807) is 0 Å². The number of carboxylic acid groups (broad SMARTS) is 1. The summed E-state index contributed by atoms with van der Waals surface area (Å²) >= 11 is 0. The Morgan fingerprint density at radius 2 is 1.89 bits per heavy atom. The quantitative estimate of drug-likeness (QED) is 0.891. The number of nitrogens with zero attached hydrogens (tertiary/aromatic N) is 2. The zero-order chi connectivity index (χ0) is 13.8. The van der Waals surface area contributed by atoms with Crippen molar-refractivity contribution in [1.29, 1.82) is 0 Å². The number of hydrogen-bond acceptors (Lipinski definition) is 3. The predicted octanol–water partition coefficient (Wildman–Crippen LogP) is 1.41. The molecule has 2 rings (SSSR count). The van der Waals surface area contributed by atoms with Gasteiger partial charge in [0.15, 0.2) is 0 Å². The van der Waals surface area contributed by atoms with Crippen LogP contribution in [0.25, 0.3) is 0 Å². The molecule has 0 spiro atoms. The zero-order valence-electron chi connectivity index (χ0n) is 11.7. The Morgan fingerprint density at radius 3 is 2.47 bits per heavy atom. The van der Waals surface area contributed by atoms with Gasteiger partial charge in [-0.25, -0.2) is 0 Å². The number of rotatable bonds is 4. The fourth-order valence-corrected chi connectivity index (χ4v) is 2.58. The van der Waals surface area contributed by atoms with Gasteiger partial charge in [0.05, 0.1) is 5.92 Å². The minimum Gasteiger partial charge on any atom is -0.481 e. The SMILES string of the molecule is Cc1ccccc1C(CN1CCN(C)CC1)C(=O)O. The first-order valence-electron chi connectivity index (χ1n) is 6.77. The third kappa shape index (κ3) is 3.55. The van der Waals surface area contributed by atoms with Gasteiger partial charge >= 0.3 is 5.97 Å². The van der Waals surface area contributed by atoms with Crippen LogP contribution in [-0.4, -0.2) is 60.6 Å². The van der Waals surface area contributed by atoms with Crippen molar-refractivity contribution in [2.75, 3.05) is 39.8 Å². The summed E-state index contributed by atoms with van der Waals surface area (Å²) in [6.07, 6.45) is 0. The number of benzene rings is 1. The van der Waals surface area contributed by atoms with Gasteiger partial charge in [-0.15, -0.1) is 0 Å². The van der Waals surface area contributed by atoms with Crippen molar-refractivity contribution in [2.45, 2.75) is 12.8 Å². The molecule has 0 radical (unpaired) electrons. The van der Waals surface area contributed by atoms with E-state index < -0.39 is 11.9 Å². The minimum absolute atomic E-state index is 0.426. The minimum atomic E-state index is -0.728. The normalized spacial score (nSPS) is 19.3. The Bertz CT molecular complexity index is 440. The van der Waals surface area contributed by atoms with E-state index in [1.165, 1.54) is 0 Å². The van der Waals surface area contributed by atoms with Gasteiger partial charge in [0, 0.05) is 32.7 Å². The van der Waals surface area contributed by atoms with Crippen LogP contribution in [0.3, 0.4) is 0 Å². The van der Waals surface area contributed by atoms with Crippen molar-refractivity contribution in [3.8, 4) is 0 Å². The van der Waals surface area contributed by atoms with Crippen molar-refractivity contribution in [3.05, 3.63) is 35.4 Å². The van der Waals surface area contributed by atoms with Crippen LogP contribution in [0.1, 0.15) is 17.0 Å². The second-order valence-corrected chi connectivity index (χ2v) is 5.35. The smallest absolute Gasteiger partial charge is 0.312 e. The molecule has 1 aliphatic rings. The second kappa shape index (κ2) is 6.17. The maximum absolute atomic E-state index is 11.6. The van der Waals surface area contributed by atoms with E-state index in [-0.39, 0.29) is 0 Å². The van der Waals surface area contributed by atoms with Gasteiger partial charge in [0.1, 0.15) is 0 Å². The maximum atomic E-state index is 11.6. The lowest BCUT2D eigenvalue weighted by atomic mass is 9.94. The molecule has 1 aromatic carbocycles. The highest BCUT2D eigenvalue weighted by atomic mass is 16.4. The van der Waals surface area contributed by atoms with Gasteiger partial charge in [0.2, 0.25) is 0 Å². The molecule has 19 heavy (non-hydrogen) atoms. The summed E-state index contributed by atoms with van der Waals surface area (Å²) < 4.78 is 0. The predicted molar refractivity (Wildman–Crippen MR) is 75.5 cm³/mol. The molecule has 0 amide bonds. The van der Waals surface area contributed by atoms with Crippen molar-refractivity contribution < 1.29 is 9.90 Å². The molecule has 1 aliphatic heterocycles. The summed E-state index contributed by atoms with van der Waals surface area (Å²) in [5.41, 5.74) is 2.00. The number of piperazine rings is 1. The second-order valence-electron chi connectivity index (χ2n) is 5.35. The van der Waals surface area contributed by atoms with E-state index in [4.69, 9.17) is 0 Å². The van der Waals surface area contributed by atoms with Crippen LogP contribution in [0.5, 0.6) is 0 Å². The monoisotopic (exact) mass is 262 g/mol. The number of likely N-dealkylation sites (N-methyl/N-ethyl adjacent to an activating group) is 1. The Balaban J connectivity index is 2.09. The lowest BCUT2D eigenvalue weighted by molar-refractivity contribution is -0.139. The molecule has 1 fully saturated rings. The van der Waals surface area contributed by atoms with Crippen LogP contribution in [0, 0.1) is 6.92 Å². The molecule has 1 N–H and O–H groups in total. The molecular weight excluding hydrogens is 240 g/mol. The summed E-state index contributed by atoms with van der Waals surface area (Å²) in [7, 11) is 2.10. The molecule has 1 unspecified atom stereocenters. The number of carbonyl (C=O) groups is 1. The van der Waals surface area contributed by atoms with E-state index in [1.807, 2.05) is 31.2 Å². The first-order chi connectivity index (χ1) is 9.08. The van der Waals surface area contributed by atoms with E-state index in [0.717, 1.165) is 37.3 Å². The lowest BCUT2D eigenvalue weighted by Crippen LogP contribution is -2.46. The van der Waals surface area contributed by atoms with Gasteiger partial charge in [0.25, 0.3) is 0 Å². The molecule has 1 saturated heterocycles. The van der Waals surface area contributed by atoms with E-state index in [2.05, 4.69) is 16.8 Å². The van der Waals surface area contributed by atoms with Crippen molar-refractivity contribution >= 4 is 5.97 Å². The third-order valence-corrected chi connectivity index (χ3v) is 3.90. The third-order valence-electron chi connectivity index (χ3n) is 3.90. The van der Waals surface area contributed by atoms with Crippen LogP contribution < -0.4 is 0 Å². The Morgan fingerprint density at radius 1 is 1.26 bits per heavy atom. The summed E-state index contributed by atoms with van der Waals surface area (Å²) in [5.74, 6) is -1.15. The van der Waals surface area contributed by atoms with Gasteiger partial charge in [-0.05, 0) is 25.1 Å². The maximum Gasteiger partial charge on any atom is 0.312 e. The summed E-state index contributed by atoms with van der Waals surface area (Å²) in [6, 6.07) is 7.79. The van der Waals surface area contributed by atoms with E-state index >= 15 is 0 Å². The highest BCUT2D eigenvalue weighted by Crippen LogP contribution is 2.21. The number of carboxylic acids is 1. The molecule has 4 nitrogen and oxygen atoms in total. The van der Waals surface area contributed by atoms with Crippen molar-refractivity contribution in [3.63, 3.8) is 0 Å². The number of aliphatic carboxylic acids is 1. The summed E-state index contributed by atoms with van der Waals surface area (Å²) in [5, 5.41) is 9.50. The van der Waals surface area contributed by atoms with Gasteiger partial charge in [-0.3, -0.25) is 9.69 Å². The fourth-order valence-electron chi connectivity index (χ4n) is 2.58. The standard InChI is InChI=1S/C15H22N2O2/c1-12-5-3-4-6-13(12)14(15(18)19)11-17-9-7-16(2)8-10-17/h3-6,14H,7-11H2,1-2H3,(H,18,19). The molecule has 0 bridgehead atoms. The molecule has 1 aromatic rings. The van der Waals surface area contributed by atoms with Gasteiger partial charge in [-0.1, -0.05) is 24.3 Å². The molecule has 0 aliphatic carbocycles. The molecule has 0 aromatic heterocycles. The van der Waals surface area contributed by atoms with Gasteiger partial charge < -0.3 is 10.0 Å². The van der Waals surface area contributed by atoms with Crippen LogP contribution in [0.2, 0.25) is 0 Å². The molecule has 4 heteroatoms. The van der Waals surface area contributed by atoms with Crippen LogP contribution >= 0.6 is 0 Å². The first kappa shape index (κ1) is 14.0. The fraction of sp³-hybridized carbons (Fsp3) is 0.533.